The molecule has 1 aliphatic heterocycles. The average Bonchev–Trinajstić information content (AvgIpc) is 2.66. The summed E-state index contributed by atoms with van der Waals surface area (Å²) in [5.74, 6) is 1.60. The Bertz CT molecular complexity index is 583. The maximum Gasteiger partial charge on any atom is 0.0524 e. The molecule has 1 aliphatic carbocycles. The number of hydrogen-bond acceptors (Lipinski definition) is 3. The third kappa shape index (κ3) is 6.11. The number of aliphatic hydroxyl groups excluding tert-OH is 1. The molecule has 160 valence electrons. The smallest absolute Gasteiger partial charge is 0.0524 e. The molecular weight excluding hydrogens is 368 g/mol. The van der Waals surface area contributed by atoms with Crippen LogP contribution in [0.5, 0.6) is 0 Å². The molecule has 3 nitrogen and oxygen atoms in total. The van der Waals surface area contributed by atoms with Crippen LogP contribution in [-0.2, 0) is 0 Å². The number of nitrogens with zero attached hydrogens (tertiary/aromatic N) is 2. The summed E-state index contributed by atoms with van der Waals surface area (Å²) in [5, 5.41) is 9.53. The normalized spacial score (nSPS) is 25.2. The minimum atomic E-state index is -0.188. The van der Waals surface area contributed by atoms with Crippen LogP contribution in [0.15, 0.2) is 24.3 Å². The number of hydrogen-bond donors (Lipinski definition) is 1. The molecule has 28 heavy (non-hydrogen) atoms. The quantitative estimate of drug-likeness (QED) is 0.714. The molecule has 0 radical (unpaired) electrons. The van der Waals surface area contributed by atoms with Crippen molar-refractivity contribution in [3.63, 3.8) is 0 Å². The number of anilines is 1. The molecule has 4 heteroatoms. The predicted molar refractivity (Wildman–Crippen MR) is 123 cm³/mol. The van der Waals surface area contributed by atoms with Crippen molar-refractivity contribution < 1.29 is 5.11 Å². The topological polar surface area (TPSA) is 26.7 Å². The van der Waals surface area contributed by atoms with Crippen molar-refractivity contribution in [3.8, 4) is 0 Å². The van der Waals surface area contributed by atoms with Crippen molar-refractivity contribution in [2.75, 3.05) is 37.6 Å². The minimum Gasteiger partial charge on any atom is -0.393 e. The Hall–Kier alpha value is -0.770. The van der Waals surface area contributed by atoms with E-state index >= 15 is 0 Å². The highest BCUT2D eigenvalue weighted by molar-refractivity contribution is 5.85. The summed E-state index contributed by atoms with van der Waals surface area (Å²) in [5.41, 5.74) is 3.52. The fourth-order valence-corrected chi connectivity index (χ4v) is 4.97. The van der Waals surface area contributed by atoms with Crippen LogP contribution < -0.4 is 4.90 Å². The van der Waals surface area contributed by atoms with Gasteiger partial charge in [-0.2, -0.15) is 0 Å². The first-order valence-electron chi connectivity index (χ1n) is 11.1. The highest BCUT2D eigenvalue weighted by Gasteiger charge is 2.31. The first kappa shape index (κ1) is 23.5. The third-order valence-electron chi connectivity index (χ3n) is 6.90. The number of benzene rings is 1. The summed E-state index contributed by atoms with van der Waals surface area (Å²) in [7, 11) is 0. The van der Waals surface area contributed by atoms with E-state index in [2.05, 4.69) is 54.8 Å². The van der Waals surface area contributed by atoms with Crippen LogP contribution in [0.3, 0.4) is 0 Å². The van der Waals surface area contributed by atoms with Gasteiger partial charge in [-0.1, -0.05) is 39.0 Å². The van der Waals surface area contributed by atoms with Crippen molar-refractivity contribution in [1.82, 2.24) is 4.90 Å². The highest BCUT2D eigenvalue weighted by Crippen LogP contribution is 2.45. The van der Waals surface area contributed by atoms with Gasteiger partial charge in [0.25, 0.3) is 0 Å². The van der Waals surface area contributed by atoms with E-state index in [0.717, 1.165) is 51.0 Å². The van der Waals surface area contributed by atoms with Crippen LogP contribution in [-0.4, -0.2) is 48.8 Å². The Balaban J connectivity index is 0.00000280. The average molecular weight is 409 g/mol. The summed E-state index contributed by atoms with van der Waals surface area (Å²) >= 11 is 0. The number of aliphatic hydroxyl groups is 1. The summed E-state index contributed by atoms with van der Waals surface area (Å²) in [4.78, 5) is 5.10. The lowest BCUT2D eigenvalue weighted by atomic mass is 9.68. The first-order valence-corrected chi connectivity index (χ1v) is 11.1. The molecule has 0 spiro atoms. The van der Waals surface area contributed by atoms with Gasteiger partial charge in [0.2, 0.25) is 0 Å². The molecule has 1 heterocycles. The molecule has 3 rings (SSSR count). The molecule has 2 fully saturated rings. The van der Waals surface area contributed by atoms with Gasteiger partial charge in [0, 0.05) is 38.4 Å². The fraction of sp³-hybridized carbons (Fsp3) is 0.750. The van der Waals surface area contributed by atoms with Crippen molar-refractivity contribution in [2.45, 2.75) is 71.8 Å². The zero-order valence-corrected chi connectivity index (χ0v) is 19.2. The van der Waals surface area contributed by atoms with E-state index in [9.17, 15) is 5.11 Å². The van der Waals surface area contributed by atoms with Crippen LogP contribution in [0.1, 0.15) is 71.3 Å². The maximum atomic E-state index is 9.53. The Labute approximate surface area is 178 Å². The fourth-order valence-electron chi connectivity index (χ4n) is 4.97. The van der Waals surface area contributed by atoms with Crippen LogP contribution >= 0.6 is 12.4 Å². The number of para-hydroxylation sites is 1. The molecule has 1 saturated heterocycles. The highest BCUT2D eigenvalue weighted by atomic mass is 35.5. The third-order valence-corrected chi connectivity index (χ3v) is 6.90. The van der Waals surface area contributed by atoms with Gasteiger partial charge in [-0.05, 0) is 67.9 Å². The molecule has 1 N–H and O–H groups in total. The van der Waals surface area contributed by atoms with E-state index in [0.29, 0.717) is 5.41 Å². The van der Waals surface area contributed by atoms with Gasteiger partial charge < -0.3 is 10.0 Å². The van der Waals surface area contributed by atoms with Crippen molar-refractivity contribution >= 4 is 18.1 Å². The second-order valence-corrected chi connectivity index (χ2v) is 9.94. The van der Waals surface area contributed by atoms with Gasteiger partial charge >= 0.3 is 0 Å². The van der Waals surface area contributed by atoms with Gasteiger partial charge in [0.1, 0.15) is 0 Å². The van der Waals surface area contributed by atoms with Crippen molar-refractivity contribution in [3.05, 3.63) is 29.8 Å². The molecule has 1 atom stereocenters. The molecule has 0 amide bonds. The van der Waals surface area contributed by atoms with Crippen LogP contribution in [0.4, 0.5) is 5.69 Å². The molecule has 0 bridgehead atoms. The van der Waals surface area contributed by atoms with Crippen LogP contribution in [0, 0.1) is 11.3 Å². The van der Waals surface area contributed by atoms with Gasteiger partial charge in [-0.3, -0.25) is 4.90 Å². The lowest BCUT2D eigenvalue weighted by Crippen LogP contribution is -2.47. The Morgan fingerprint density at radius 2 is 1.61 bits per heavy atom. The Morgan fingerprint density at radius 3 is 2.18 bits per heavy atom. The molecule has 0 aromatic heterocycles. The lowest BCUT2D eigenvalue weighted by molar-refractivity contribution is 0.153. The first-order chi connectivity index (χ1) is 12.8. The van der Waals surface area contributed by atoms with E-state index < -0.39 is 0 Å². The van der Waals surface area contributed by atoms with E-state index in [4.69, 9.17) is 0 Å². The molecule has 1 aromatic rings. The van der Waals surface area contributed by atoms with Crippen LogP contribution in [0.25, 0.3) is 0 Å². The Morgan fingerprint density at radius 1 is 1.00 bits per heavy atom. The number of rotatable bonds is 5. The van der Waals surface area contributed by atoms with E-state index in [1.165, 1.54) is 31.4 Å². The van der Waals surface area contributed by atoms with E-state index in [1.54, 1.807) is 5.56 Å². The zero-order valence-electron chi connectivity index (χ0n) is 18.4. The molecule has 1 aromatic carbocycles. The monoisotopic (exact) mass is 408 g/mol. The van der Waals surface area contributed by atoms with Gasteiger partial charge in [-0.25, -0.2) is 0 Å². The predicted octanol–water partition coefficient (Wildman–Crippen LogP) is 5.32. The number of halogens is 1. The van der Waals surface area contributed by atoms with Gasteiger partial charge in [0.15, 0.2) is 0 Å². The molecule has 1 unspecified atom stereocenters. The summed E-state index contributed by atoms with van der Waals surface area (Å²) in [6.07, 6.45) is 6.12. The molecule has 2 aliphatic rings. The van der Waals surface area contributed by atoms with Crippen molar-refractivity contribution in [1.29, 1.82) is 0 Å². The summed E-state index contributed by atoms with van der Waals surface area (Å²) < 4.78 is 0. The molecule has 1 saturated carbocycles. The maximum absolute atomic E-state index is 9.53. The molecular formula is C24H41ClN2O. The largest absolute Gasteiger partial charge is 0.393 e. The van der Waals surface area contributed by atoms with Gasteiger partial charge in [-0.15, -0.1) is 12.4 Å². The summed E-state index contributed by atoms with van der Waals surface area (Å²) in [6.45, 7) is 14.6. The second-order valence-electron chi connectivity index (χ2n) is 9.94. The number of piperazine rings is 1. The van der Waals surface area contributed by atoms with Gasteiger partial charge in [0.05, 0.1) is 6.10 Å². The minimum absolute atomic E-state index is 0. The SMILES string of the molecule is CC(O)CCN1CCN(c2ccccc2C2CCC(C(C)(C)C)CC2)CC1.Cl. The standard InChI is InChI=1S/C24H40N2O.ClH/c1-19(27)13-14-25-15-17-26(18-16-25)23-8-6-5-7-22(23)20-9-11-21(12-10-20)24(2,3)4;/h5-8,19-21,27H,9-18H2,1-4H3;1H. The lowest BCUT2D eigenvalue weighted by Gasteiger charge is -2.40. The van der Waals surface area contributed by atoms with E-state index in [1.807, 2.05) is 6.92 Å². The van der Waals surface area contributed by atoms with Crippen molar-refractivity contribution in [2.24, 2.45) is 11.3 Å². The zero-order chi connectivity index (χ0) is 19.4. The second kappa shape index (κ2) is 10.3. The Kier molecular flexibility index (Phi) is 8.66. The van der Waals surface area contributed by atoms with Crippen LogP contribution in [0.2, 0.25) is 0 Å². The summed E-state index contributed by atoms with van der Waals surface area (Å²) in [6, 6.07) is 9.17. The van der Waals surface area contributed by atoms with E-state index in [-0.39, 0.29) is 18.5 Å².